The highest BCUT2D eigenvalue weighted by Gasteiger charge is 2.32. The molecule has 2 aromatic heterocycles. The first-order valence-corrected chi connectivity index (χ1v) is 23.2. The number of methoxy groups -OCH3 is 1. The van der Waals surface area contributed by atoms with Crippen molar-refractivity contribution >= 4 is 35.2 Å². The van der Waals surface area contributed by atoms with Crippen LogP contribution in [0.1, 0.15) is 100 Å². The number of aliphatic carboxylic acids is 1. The van der Waals surface area contributed by atoms with Crippen molar-refractivity contribution in [2.45, 2.75) is 104 Å². The summed E-state index contributed by atoms with van der Waals surface area (Å²) in [7, 11) is 1.48. The van der Waals surface area contributed by atoms with E-state index in [4.69, 9.17) is 21.3 Å². The number of esters is 1. The Balaban J connectivity index is 0.000000265. The topological polar surface area (TPSA) is 146 Å². The number of nitrogens with zero attached hydrogens (tertiary/aromatic N) is 3. The molecule has 2 atom stereocenters. The van der Waals surface area contributed by atoms with Crippen molar-refractivity contribution < 1.29 is 24.2 Å². The quantitative estimate of drug-likeness (QED) is 0.112. The maximum Gasteiger partial charge on any atom is 0.305 e. The van der Waals surface area contributed by atoms with Crippen LogP contribution in [0.3, 0.4) is 0 Å². The van der Waals surface area contributed by atoms with E-state index in [2.05, 4.69) is 122 Å². The molecule has 0 spiro atoms. The Bertz CT molecular complexity index is 2470. The van der Waals surface area contributed by atoms with E-state index >= 15 is 0 Å². The fourth-order valence-corrected chi connectivity index (χ4v) is 8.35. The summed E-state index contributed by atoms with van der Waals surface area (Å²) in [6.07, 6.45) is 15.5. The minimum absolute atomic E-state index is 0.123. The smallest absolute Gasteiger partial charge is 0.305 e. The zero-order valence-electron chi connectivity index (χ0n) is 39.6. The van der Waals surface area contributed by atoms with Crippen molar-refractivity contribution in [1.29, 1.82) is 0 Å². The van der Waals surface area contributed by atoms with Crippen LogP contribution in [0.15, 0.2) is 48.5 Å². The van der Waals surface area contributed by atoms with E-state index in [1.165, 1.54) is 29.5 Å². The van der Waals surface area contributed by atoms with E-state index in [-0.39, 0.29) is 24.2 Å². The molecule has 348 valence electrons. The van der Waals surface area contributed by atoms with E-state index in [0.717, 1.165) is 107 Å². The third kappa shape index (κ3) is 19.0. The number of carboxylic acid groups (broad SMARTS) is 1. The van der Waals surface area contributed by atoms with Crippen molar-refractivity contribution in [3.8, 4) is 71.5 Å². The number of nitrogens with one attached hydrogen (secondary N) is 3. The number of fused-ring (bicyclic) bond motifs is 3. The fourth-order valence-electron chi connectivity index (χ4n) is 8.35. The SMILES string of the molecule is C#CC#CC#CC.CC#CC#CC#CC.COC(=O)C[C@H](CC1CCN(C(=O)CCc2ccc3c(n2)NCCC3)CC1)[C@H]1CNc2ccccc2C1.O=C(O)CCc1ccc2c(n1)NCCC2. The molecular formula is C56H64N6O5. The number of aryl methyl sites for hydroxylation is 4. The number of ether oxygens (including phenoxy) is 1. The fraction of sp³-hybridized carbons (Fsp3) is 0.446. The molecule has 3 aromatic rings. The van der Waals surface area contributed by atoms with E-state index in [0.29, 0.717) is 37.5 Å². The van der Waals surface area contributed by atoms with Gasteiger partial charge in [-0.15, -0.1) is 6.42 Å². The summed E-state index contributed by atoms with van der Waals surface area (Å²) < 4.78 is 5.05. The zero-order valence-corrected chi connectivity index (χ0v) is 39.6. The normalized spacial score (nSPS) is 15.1. The van der Waals surface area contributed by atoms with E-state index in [9.17, 15) is 14.4 Å². The molecule has 4 aliphatic rings. The molecule has 0 saturated carbocycles. The minimum atomic E-state index is -0.775. The largest absolute Gasteiger partial charge is 0.481 e. The lowest BCUT2D eigenvalue weighted by atomic mass is 9.75. The molecule has 0 bridgehead atoms. The Morgan fingerprint density at radius 3 is 1.88 bits per heavy atom. The second-order valence-corrected chi connectivity index (χ2v) is 16.4. The molecule has 1 fully saturated rings. The van der Waals surface area contributed by atoms with Gasteiger partial charge in [0.25, 0.3) is 0 Å². The lowest BCUT2D eigenvalue weighted by Gasteiger charge is -2.37. The molecule has 0 unspecified atom stereocenters. The summed E-state index contributed by atoms with van der Waals surface area (Å²) in [5.41, 5.74) is 6.90. The molecule has 11 heteroatoms. The van der Waals surface area contributed by atoms with Gasteiger partial charge in [-0.2, -0.15) is 0 Å². The Labute approximate surface area is 398 Å². The number of hydrogen-bond donors (Lipinski definition) is 4. The van der Waals surface area contributed by atoms with Crippen LogP contribution in [0.5, 0.6) is 0 Å². The van der Waals surface area contributed by atoms with Crippen LogP contribution in [0, 0.1) is 89.3 Å². The van der Waals surface area contributed by atoms with Crippen LogP contribution in [-0.2, 0) is 51.2 Å². The molecule has 1 aromatic carbocycles. The molecule has 1 amide bonds. The number of carboxylic acids is 1. The second kappa shape index (κ2) is 30.0. The number of rotatable bonds is 11. The van der Waals surface area contributed by atoms with E-state index < -0.39 is 5.97 Å². The van der Waals surface area contributed by atoms with Crippen LogP contribution < -0.4 is 16.0 Å². The van der Waals surface area contributed by atoms with Crippen molar-refractivity contribution in [1.82, 2.24) is 14.9 Å². The first kappa shape index (κ1) is 52.3. The standard InChI is InChI=1S/C30H40N4O3.C11H14N2O2.C8H6.C7H4/c1-37-29(36)19-24(25-18-23-5-2-3-7-27(23)32-20-25)17-21-12-15-34(16-13-21)28(35)11-10-26-9-8-22-6-4-14-31-30(22)33-26;14-10(15)6-5-9-4-3-8-2-1-7-12-11(8)13-9;1-3-5-7-8-6-4-2;1-3-5-7-6-4-2/h2-3,5,7-9,21,24-25,32H,4,6,10-20H2,1H3,(H,31,33);3-4H,1-2,5-7H2,(H,12,13)(H,14,15);1-2H3;1H,2H3/t24-,25+;;;/m0.../s1. The highest BCUT2D eigenvalue weighted by molar-refractivity contribution is 5.76. The van der Waals surface area contributed by atoms with Gasteiger partial charge in [-0.1, -0.05) is 48.1 Å². The number of para-hydroxylation sites is 1. The summed E-state index contributed by atoms with van der Waals surface area (Å²) in [5.74, 6) is 30.0. The van der Waals surface area contributed by atoms with E-state index in [1.807, 2.05) is 17.0 Å². The Hall–Kier alpha value is -7.31. The lowest BCUT2D eigenvalue weighted by molar-refractivity contribution is -0.142. The number of pyridine rings is 2. The number of aromatic nitrogens is 2. The minimum Gasteiger partial charge on any atom is -0.481 e. The van der Waals surface area contributed by atoms with Gasteiger partial charge in [0.05, 0.1) is 13.5 Å². The van der Waals surface area contributed by atoms with Gasteiger partial charge in [-0.25, -0.2) is 9.97 Å². The molecule has 1 saturated heterocycles. The third-order valence-corrected chi connectivity index (χ3v) is 11.8. The number of benzene rings is 1. The average Bonchev–Trinajstić information content (AvgIpc) is 3.36. The molecule has 4 aliphatic heterocycles. The summed E-state index contributed by atoms with van der Waals surface area (Å²) >= 11 is 0. The van der Waals surface area contributed by atoms with Crippen molar-refractivity contribution in [2.75, 3.05) is 55.8 Å². The summed E-state index contributed by atoms with van der Waals surface area (Å²) in [6.45, 7) is 9.64. The molecule has 11 nitrogen and oxygen atoms in total. The van der Waals surface area contributed by atoms with Gasteiger partial charge in [0.2, 0.25) is 5.91 Å². The van der Waals surface area contributed by atoms with Crippen LogP contribution in [0.4, 0.5) is 17.3 Å². The lowest BCUT2D eigenvalue weighted by Crippen LogP contribution is -2.40. The van der Waals surface area contributed by atoms with Crippen LogP contribution >= 0.6 is 0 Å². The van der Waals surface area contributed by atoms with Crippen molar-refractivity contribution in [3.63, 3.8) is 0 Å². The van der Waals surface area contributed by atoms with Crippen molar-refractivity contribution in [3.05, 3.63) is 76.6 Å². The molecule has 0 aliphatic carbocycles. The van der Waals surface area contributed by atoms with E-state index in [1.54, 1.807) is 20.8 Å². The molecule has 4 N–H and O–H groups in total. The maximum absolute atomic E-state index is 13.0. The Morgan fingerprint density at radius 2 is 1.33 bits per heavy atom. The monoisotopic (exact) mass is 900 g/mol. The predicted octanol–water partition coefficient (Wildman–Crippen LogP) is 7.60. The maximum atomic E-state index is 13.0. The number of likely N-dealkylation sites (tertiary alicyclic amines) is 1. The van der Waals surface area contributed by atoms with Gasteiger partial charge in [-0.3, -0.25) is 14.4 Å². The Morgan fingerprint density at radius 1 is 0.761 bits per heavy atom. The highest BCUT2D eigenvalue weighted by Crippen LogP contribution is 2.36. The first-order chi connectivity index (χ1) is 32.7. The second-order valence-electron chi connectivity index (χ2n) is 16.4. The van der Waals surface area contributed by atoms with Gasteiger partial charge in [0.15, 0.2) is 0 Å². The number of anilines is 3. The molecule has 6 heterocycles. The van der Waals surface area contributed by atoms with Gasteiger partial charge < -0.3 is 30.7 Å². The number of hydrogen-bond acceptors (Lipinski definition) is 9. The van der Waals surface area contributed by atoms with Crippen LogP contribution in [0.25, 0.3) is 0 Å². The van der Waals surface area contributed by atoms with Crippen LogP contribution in [-0.4, -0.2) is 77.7 Å². The summed E-state index contributed by atoms with van der Waals surface area (Å²) in [6, 6.07) is 16.7. The number of carbonyl (C=O) groups excluding carboxylic acids is 2. The third-order valence-electron chi connectivity index (χ3n) is 11.8. The van der Waals surface area contributed by atoms with Gasteiger partial charge in [0, 0.05) is 69.1 Å². The molecular weight excluding hydrogens is 837 g/mol. The predicted molar refractivity (Wildman–Crippen MR) is 267 cm³/mol. The molecule has 67 heavy (non-hydrogen) atoms. The first-order valence-electron chi connectivity index (χ1n) is 23.2. The molecule has 7 rings (SSSR count). The van der Waals surface area contributed by atoms with Crippen LogP contribution in [0.2, 0.25) is 0 Å². The number of amides is 1. The summed E-state index contributed by atoms with van der Waals surface area (Å²) in [4.78, 5) is 46.8. The highest BCUT2D eigenvalue weighted by atomic mass is 16.5. The van der Waals surface area contributed by atoms with Gasteiger partial charge >= 0.3 is 11.9 Å². The van der Waals surface area contributed by atoms with Crippen molar-refractivity contribution in [2.24, 2.45) is 17.8 Å². The Kier molecular flexibility index (Phi) is 23.4. The average molecular weight is 901 g/mol. The van der Waals surface area contributed by atoms with Gasteiger partial charge in [0.1, 0.15) is 11.6 Å². The number of carbonyl (C=O) groups is 3. The summed E-state index contributed by atoms with van der Waals surface area (Å²) in [5, 5.41) is 18.8. The zero-order chi connectivity index (χ0) is 48.1. The number of piperidine rings is 1. The van der Waals surface area contributed by atoms with Gasteiger partial charge in [-0.05, 0) is 179 Å². The number of terminal acetylenes is 1. The molecule has 0 radical (unpaired) electrons.